The first kappa shape index (κ1) is 12.1. The third-order valence-electron chi connectivity index (χ3n) is 1.84. The van der Waals surface area contributed by atoms with Gasteiger partial charge >= 0.3 is 5.97 Å². The quantitative estimate of drug-likeness (QED) is 0.823. The zero-order valence-corrected chi connectivity index (χ0v) is 9.42. The first-order valence-electron chi connectivity index (χ1n) is 4.43. The first-order chi connectivity index (χ1) is 7.09. The van der Waals surface area contributed by atoms with Crippen molar-refractivity contribution in [1.82, 2.24) is 0 Å². The molecule has 0 saturated heterocycles. The van der Waals surface area contributed by atoms with Gasteiger partial charge in [0.1, 0.15) is 0 Å². The van der Waals surface area contributed by atoms with Gasteiger partial charge in [0.15, 0.2) is 0 Å². The Kier molecular flexibility index (Phi) is 4.66. The van der Waals surface area contributed by atoms with E-state index in [0.29, 0.717) is 16.5 Å². The van der Waals surface area contributed by atoms with Crippen molar-refractivity contribution < 1.29 is 9.90 Å². The molecule has 2 nitrogen and oxygen atoms in total. The summed E-state index contributed by atoms with van der Waals surface area (Å²) in [7, 11) is 0. The molecule has 1 N–H and O–H groups in total. The molecule has 0 atom stereocenters. The number of rotatable bonds is 4. The van der Waals surface area contributed by atoms with E-state index in [4.69, 9.17) is 28.3 Å². The molecule has 0 aliphatic carbocycles. The summed E-state index contributed by atoms with van der Waals surface area (Å²) in [4.78, 5) is 10.2. The molecular formula is C11H10Cl2O2. The van der Waals surface area contributed by atoms with Crippen LogP contribution in [0.3, 0.4) is 0 Å². The van der Waals surface area contributed by atoms with Gasteiger partial charge < -0.3 is 5.11 Å². The summed E-state index contributed by atoms with van der Waals surface area (Å²) in [5.41, 5.74) is 1.04. The average molecular weight is 245 g/mol. The third-order valence-corrected chi connectivity index (χ3v) is 2.58. The van der Waals surface area contributed by atoms with Crippen LogP contribution in [-0.2, 0) is 11.2 Å². The smallest absolute Gasteiger partial charge is 0.327 e. The lowest BCUT2D eigenvalue weighted by Gasteiger charge is -2.00. The van der Waals surface area contributed by atoms with E-state index < -0.39 is 5.97 Å². The predicted octanol–water partition coefficient (Wildman–Crippen LogP) is 3.57. The maximum Gasteiger partial charge on any atom is 0.327 e. The van der Waals surface area contributed by atoms with Crippen LogP contribution in [0.2, 0.25) is 10.0 Å². The molecule has 1 rings (SSSR count). The molecule has 0 heterocycles. The van der Waals surface area contributed by atoms with Crippen LogP contribution >= 0.6 is 23.2 Å². The van der Waals surface area contributed by atoms with E-state index >= 15 is 0 Å². The van der Waals surface area contributed by atoms with Crippen LogP contribution in [0.5, 0.6) is 0 Å². The average Bonchev–Trinajstić information content (AvgIpc) is 2.18. The zero-order chi connectivity index (χ0) is 11.3. The summed E-state index contributed by atoms with van der Waals surface area (Å²) < 4.78 is 0. The van der Waals surface area contributed by atoms with Crippen molar-refractivity contribution in [2.45, 2.75) is 12.8 Å². The normalized spacial score (nSPS) is 10.8. The molecule has 0 aromatic heterocycles. The lowest BCUT2D eigenvalue weighted by molar-refractivity contribution is -0.131. The Bertz CT molecular complexity index is 386. The van der Waals surface area contributed by atoms with Gasteiger partial charge in [-0.3, -0.25) is 0 Å². The van der Waals surface area contributed by atoms with E-state index in [9.17, 15) is 4.79 Å². The summed E-state index contributed by atoms with van der Waals surface area (Å²) in [6.45, 7) is 0. The first-order valence-corrected chi connectivity index (χ1v) is 5.18. The molecule has 0 saturated carbocycles. The van der Waals surface area contributed by atoms with Crippen molar-refractivity contribution in [2.24, 2.45) is 0 Å². The minimum Gasteiger partial charge on any atom is -0.478 e. The number of benzene rings is 1. The summed E-state index contributed by atoms with van der Waals surface area (Å²) >= 11 is 11.6. The van der Waals surface area contributed by atoms with Gasteiger partial charge in [-0.25, -0.2) is 4.79 Å². The summed E-state index contributed by atoms with van der Waals surface area (Å²) in [5.74, 6) is -0.927. The van der Waals surface area contributed by atoms with Crippen molar-refractivity contribution in [3.05, 3.63) is 46.0 Å². The molecule has 1 aromatic rings. The lowest BCUT2D eigenvalue weighted by atomic mass is 10.1. The molecular weight excluding hydrogens is 235 g/mol. The molecule has 0 spiro atoms. The Morgan fingerprint density at radius 2 is 2.07 bits per heavy atom. The number of hydrogen-bond donors (Lipinski definition) is 1. The topological polar surface area (TPSA) is 37.3 Å². The largest absolute Gasteiger partial charge is 0.478 e. The van der Waals surface area contributed by atoms with Crippen LogP contribution < -0.4 is 0 Å². The minimum atomic E-state index is -0.927. The lowest BCUT2D eigenvalue weighted by Crippen LogP contribution is -1.87. The molecule has 0 aliphatic heterocycles. The molecule has 0 fully saturated rings. The fraction of sp³-hybridized carbons (Fsp3) is 0.182. The van der Waals surface area contributed by atoms with Gasteiger partial charge in [0.25, 0.3) is 0 Å². The van der Waals surface area contributed by atoms with Crippen molar-refractivity contribution in [2.75, 3.05) is 0 Å². The van der Waals surface area contributed by atoms with Gasteiger partial charge in [0.05, 0.1) is 10.0 Å². The molecule has 0 aliphatic rings. The Hall–Kier alpha value is -0.990. The van der Waals surface area contributed by atoms with Gasteiger partial charge in [-0.1, -0.05) is 35.3 Å². The maximum absolute atomic E-state index is 10.2. The van der Waals surface area contributed by atoms with E-state index in [-0.39, 0.29) is 0 Å². The van der Waals surface area contributed by atoms with Crippen LogP contribution in [0, 0.1) is 0 Å². The Labute approximate surface area is 98.1 Å². The highest BCUT2D eigenvalue weighted by molar-refractivity contribution is 6.42. The number of halogens is 2. The summed E-state index contributed by atoms with van der Waals surface area (Å²) in [6.07, 6.45) is 4.17. The SMILES string of the molecule is O=C(O)C=CCCc1ccc(Cl)c(Cl)c1. The monoisotopic (exact) mass is 244 g/mol. The Morgan fingerprint density at radius 1 is 1.33 bits per heavy atom. The van der Waals surface area contributed by atoms with E-state index in [1.165, 1.54) is 0 Å². The second kappa shape index (κ2) is 5.79. The van der Waals surface area contributed by atoms with Gasteiger partial charge in [0, 0.05) is 6.08 Å². The summed E-state index contributed by atoms with van der Waals surface area (Å²) in [5, 5.41) is 9.42. The minimum absolute atomic E-state index is 0.524. The van der Waals surface area contributed by atoms with E-state index in [0.717, 1.165) is 18.1 Å². The van der Waals surface area contributed by atoms with E-state index in [2.05, 4.69) is 0 Å². The summed E-state index contributed by atoms with van der Waals surface area (Å²) in [6, 6.07) is 5.40. The third kappa shape index (κ3) is 4.36. The molecule has 1 aromatic carbocycles. The number of hydrogen-bond acceptors (Lipinski definition) is 1. The number of aliphatic carboxylic acids is 1. The van der Waals surface area contributed by atoms with Gasteiger partial charge in [-0.2, -0.15) is 0 Å². The number of aryl methyl sites for hydroxylation is 1. The molecule has 15 heavy (non-hydrogen) atoms. The zero-order valence-electron chi connectivity index (χ0n) is 7.91. The molecule has 0 radical (unpaired) electrons. The van der Waals surface area contributed by atoms with Crippen LogP contribution in [-0.4, -0.2) is 11.1 Å². The van der Waals surface area contributed by atoms with Crippen molar-refractivity contribution in [1.29, 1.82) is 0 Å². The molecule has 0 bridgehead atoms. The van der Waals surface area contributed by atoms with Crippen molar-refractivity contribution >= 4 is 29.2 Å². The predicted molar refractivity (Wildman–Crippen MR) is 61.6 cm³/mol. The van der Waals surface area contributed by atoms with Crippen molar-refractivity contribution in [3.63, 3.8) is 0 Å². The van der Waals surface area contributed by atoms with Gasteiger partial charge in [-0.05, 0) is 30.5 Å². The van der Waals surface area contributed by atoms with Crippen molar-refractivity contribution in [3.8, 4) is 0 Å². The second-order valence-corrected chi connectivity index (χ2v) is 3.84. The van der Waals surface area contributed by atoms with Gasteiger partial charge in [-0.15, -0.1) is 0 Å². The number of carboxylic acid groups (broad SMARTS) is 1. The highest BCUT2D eigenvalue weighted by Crippen LogP contribution is 2.23. The van der Waals surface area contributed by atoms with E-state index in [1.54, 1.807) is 18.2 Å². The Balaban J connectivity index is 2.51. The standard InChI is InChI=1S/C11H10Cl2O2/c12-9-6-5-8(7-10(9)13)3-1-2-4-11(14)15/h2,4-7H,1,3H2,(H,14,15). The fourth-order valence-corrected chi connectivity index (χ4v) is 1.45. The highest BCUT2D eigenvalue weighted by atomic mass is 35.5. The Morgan fingerprint density at radius 3 is 2.67 bits per heavy atom. The molecule has 0 amide bonds. The van der Waals surface area contributed by atoms with Crippen LogP contribution in [0.15, 0.2) is 30.4 Å². The molecule has 4 heteroatoms. The molecule has 80 valence electrons. The number of carboxylic acids is 1. The highest BCUT2D eigenvalue weighted by Gasteiger charge is 1.98. The van der Waals surface area contributed by atoms with Crippen LogP contribution in [0.25, 0.3) is 0 Å². The van der Waals surface area contributed by atoms with Crippen LogP contribution in [0.4, 0.5) is 0 Å². The van der Waals surface area contributed by atoms with Gasteiger partial charge in [0.2, 0.25) is 0 Å². The van der Waals surface area contributed by atoms with Crippen LogP contribution in [0.1, 0.15) is 12.0 Å². The second-order valence-electron chi connectivity index (χ2n) is 3.03. The maximum atomic E-state index is 10.2. The number of carbonyl (C=O) groups is 1. The fourth-order valence-electron chi connectivity index (χ4n) is 1.13. The van der Waals surface area contributed by atoms with E-state index in [1.807, 2.05) is 6.07 Å². The molecule has 0 unspecified atom stereocenters. The number of allylic oxidation sites excluding steroid dienone is 1.